The maximum Gasteiger partial charge on any atom is 0.322 e. The topological polar surface area (TPSA) is 123 Å². The summed E-state index contributed by atoms with van der Waals surface area (Å²) in [7, 11) is 1.57. The lowest BCUT2D eigenvalue weighted by Crippen LogP contribution is -2.17. The van der Waals surface area contributed by atoms with Crippen LogP contribution in [0.1, 0.15) is 36.6 Å². The third-order valence-electron chi connectivity index (χ3n) is 5.84. The van der Waals surface area contributed by atoms with E-state index in [1.54, 1.807) is 104 Å². The fraction of sp³-hybridized carbons (Fsp3) is 0.0333. The van der Waals surface area contributed by atoms with Crippen LogP contribution in [0.3, 0.4) is 0 Å². The van der Waals surface area contributed by atoms with E-state index in [0.29, 0.717) is 33.7 Å². The second-order valence-corrected chi connectivity index (χ2v) is 8.37. The Morgan fingerprint density at radius 2 is 1.33 bits per heavy atom. The van der Waals surface area contributed by atoms with Gasteiger partial charge < -0.3 is 14.5 Å². The lowest BCUT2D eigenvalue weighted by Gasteiger charge is -2.10. The van der Waals surface area contributed by atoms with Crippen LogP contribution in [0, 0.1) is 0 Å². The number of nitrogens with zero attached hydrogens (tertiary/aromatic N) is 2. The van der Waals surface area contributed by atoms with E-state index in [2.05, 4.69) is 20.8 Å². The summed E-state index contributed by atoms with van der Waals surface area (Å²) in [6, 6.07) is 28.7. The Morgan fingerprint density at radius 1 is 0.667 bits per heavy atom. The second kappa shape index (κ2) is 11.2. The van der Waals surface area contributed by atoms with E-state index in [1.165, 1.54) is 0 Å². The first-order valence-electron chi connectivity index (χ1n) is 11.9. The first-order chi connectivity index (χ1) is 19.0. The number of nitrogens with one attached hydrogen (secondary N) is 2. The van der Waals surface area contributed by atoms with E-state index in [1.807, 2.05) is 6.07 Å². The number of rotatable bonds is 8. The van der Waals surface area contributed by atoms with Gasteiger partial charge in [0.25, 0.3) is 11.8 Å². The van der Waals surface area contributed by atoms with Crippen molar-refractivity contribution in [2.24, 2.45) is 0 Å². The molecule has 0 bridgehead atoms. The summed E-state index contributed by atoms with van der Waals surface area (Å²) in [5, 5.41) is 13.2. The number of carbonyl (C=O) groups is 3. The van der Waals surface area contributed by atoms with Crippen LogP contribution < -0.4 is 15.4 Å². The van der Waals surface area contributed by atoms with Crippen molar-refractivity contribution in [3.8, 4) is 17.2 Å². The summed E-state index contributed by atoms with van der Waals surface area (Å²) < 4.78 is 10.7. The average Bonchev–Trinajstić information content (AvgIpc) is 3.46. The largest absolute Gasteiger partial charge is 0.497 e. The van der Waals surface area contributed by atoms with E-state index in [4.69, 9.17) is 9.15 Å². The molecule has 9 nitrogen and oxygen atoms in total. The number of methoxy groups -OCH3 is 1. The Hall–Kier alpha value is -5.57. The molecule has 0 saturated heterocycles. The SMILES string of the molecule is COc1ccc(-c2nnc(NC(=O)c3ccc(NC(=O)c4ccccc4C(=O)c4ccccc4)cc3)o2)cc1. The average molecular weight is 519 g/mol. The van der Waals surface area contributed by atoms with Crippen molar-refractivity contribution in [3.63, 3.8) is 0 Å². The van der Waals surface area contributed by atoms with Crippen LogP contribution in [0.5, 0.6) is 5.75 Å². The molecule has 9 heteroatoms. The van der Waals surface area contributed by atoms with Crippen LogP contribution in [0.25, 0.3) is 11.5 Å². The fourth-order valence-electron chi connectivity index (χ4n) is 3.82. The van der Waals surface area contributed by atoms with Crippen LogP contribution in [0.4, 0.5) is 11.7 Å². The number of hydrogen-bond donors (Lipinski definition) is 2. The zero-order valence-electron chi connectivity index (χ0n) is 20.8. The number of aromatic nitrogens is 2. The predicted octanol–water partition coefficient (Wildman–Crippen LogP) is 5.48. The van der Waals surface area contributed by atoms with Crippen molar-refractivity contribution in [1.82, 2.24) is 10.2 Å². The molecular formula is C30H22N4O5. The van der Waals surface area contributed by atoms with Crippen molar-refractivity contribution in [1.29, 1.82) is 0 Å². The predicted molar refractivity (Wildman–Crippen MR) is 145 cm³/mol. The van der Waals surface area contributed by atoms with Crippen molar-refractivity contribution in [2.75, 3.05) is 17.7 Å². The normalized spacial score (nSPS) is 10.5. The first kappa shape index (κ1) is 25.1. The summed E-state index contributed by atoms with van der Waals surface area (Å²) in [5.41, 5.74) is 2.49. The molecule has 0 fully saturated rings. The smallest absolute Gasteiger partial charge is 0.322 e. The zero-order chi connectivity index (χ0) is 27.2. The fourth-order valence-corrected chi connectivity index (χ4v) is 3.82. The molecule has 0 aliphatic heterocycles. The van der Waals surface area contributed by atoms with Crippen molar-refractivity contribution in [2.45, 2.75) is 0 Å². The van der Waals surface area contributed by atoms with Gasteiger partial charge in [-0.15, -0.1) is 5.10 Å². The zero-order valence-corrected chi connectivity index (χ0v) is 20.8. The number of hydrogen-bond acceptors (Lipinski definition) is 7. The summed E-state index contributed by atoms with van der Waals surface area (Å²) >= 11 is 0. The number of anilines is 2. The summed E-state index contributed by atoms with van der Waals surface area (Å²) in [5.74, 6) is -0.210. The van der Waals surface area contributed by atoms with E-state index < -0.39 is 11.8 Å². The molecule has 192 valence electrons. The molecule has 0 saturated carbocycles. The van der Waals surface area contributed by atoms with Gasteiger partial charge in [-0.1, -0.05) is 53.6 Å². The van der Waals surface area contributed by atoms with Crippen molar-refractivity contribution < 1.29 is 23.5 Å². The Morgan fingerprint density at radius 3 is 2.03 bits per heavy atom. The summed E-state index contributed by atoms with van der Waals surface area (Å²) in [4.78, 5) is 38.6. The van der Waals surface area contributed by atoms with Crippen LogP contribution in [0.15, 0.2) is 108 Å². The van der Waals surface area contributed by atoms with Gasteiger partial charge >= 0.3 is 6.01 Å². The van der Waals surface area contributed by atoms with Gasteiger partial charge in [0.15, 0.2) is 5.78 Å². The van der Waals surface area contributed by atoms with E-state index in [-0.39, 0.29) is 23.3 Å². The van der Waals surface area contributed by atoms with Crippen LogP contribution >= 0.6 is 0 Å². The summed E-state index contributed by atoms with van der Waals surface area (Å²) in [6.07, 6.45) is 0. The monoisotopic (exact) mass is 518 g/mol. The molecule has 1 heterocycles. The third-order valence-corrected chi connectivity index (χ3v) is 5.84. The lowest BCUT2D eigenvalue weighted by atomic mass is 9.98. The maximum atomic E-state index is 13.0. The molecular weight excluding hydrogens is 496 g/mol. The number of ether oxygens (including phenoxy) is 1. The van der Waals surface area contributed by atoms with Crippen LogP contribution in [-0.2, 0) is 0 Å². The van der Waals surface area contributed by atoms with Gasteiger partial charge in [0.2, 0.25) is 5.89 Å². The molecule has 2 amide bonds. The van der Waals surface area contributed by atoms with Crippen LogP contribution in [-0.4, -0.2) is 34.9 Å². The molecule has 1 aromatic heterocycles. The molecule has 4 aromatic carbocycles. The van der Waals surface area contributed by atoms with Crippen LogP contribution in [0.2, 0.25) is 0 Å². The molecule has 2 N–H and O–H groups in total. The third kappa shape index (κ3) is 5.72. The Balaban J connectivity index is 1.24. The first-order valence-corrected chi connectivity index (χ1v) is 11.9. The van der Waals surface area contributed by atoms with Gasteiger partial charge in [0, 0.05) is 27.9 Å². The number of amides is 2. The number of carbonyl (C=O) groups excluding carboxylic acids is 3. The number of benzene rings is 4. The Kier molecular flexibility index (Phi) is 7.22. The number of ketones is 1. The van der Waals surface area contributed by atoms with E-state index >= 15 is 0 Å². The molecule has 0 aliphatic rings. The van der Waals surface area contributed by atoms with Gasteiger partial charge in [-0.05, 0) is 54.6 Å². The Bertz CT molecular complexity index is 1630. The minimum atomic E-state index is -0.461. The molecule has 0 spiro atoms. The minimum absolute atomic E-state index is 0.0529. The van der Waals surface area contributed by atoms with Crippen molar-refractivity contribution >= 4 is 29.3 Å². The van der Waals surface area contributed by atoms with Gasteiger partial charge in [-0.2, -0.15) is 0 Å². The van der Waals surface area contributed by atoms with E-state index in [0.717, 1.165) is 0 Å². The van der Waals surface area contributed by atoms with E-state index in [9.17, 15) is 14.4 Å². The Labute approximate surface area is 223 Å². The molecule has 39 heavy (non-hydrogen) atoms. The highest BCUT2D eigenvalue weighted by molar-refractivity contribution is 6.17. The molecule has 0 radical (unpaired) electrons. The second-order valence-electron chi connectivity index (χ2n) is 8.37. The van der Waals surface area contributed by atoms with Gasteiger partial charge in [0.05, 0.1) is 12.7 Å². The highest BCUT2D eigenvalue weighted by atomic mass is 16.5. The van der Waals surface area contributed by atoms with Crippen molar-refractivity contribution in [3.05, 3.63) is 125 Å². The van der Waals surface area contributed by atoms with Gasteiger partial charge in [-0.25, -0.2) is 0 Å². The highest BCUT2D eigenvalue weighted by Gasteiger charge is 2.18. The molecule has 0 atom stereocenters. The molecule has 5 aromatic rings. The minimum Gasteiger partial charge on any atom is -0.497 e. The summed E-state index contributed by atoms with van der Waals surface area (Å²) in [6.45, 7) is 0. The molecule has 0 unspecified atom stereocenters. The lowest BCUT2D eigenvalue weighted by molar-refractivity contribution is 0.0996. The maximum absolute atomic E-state index is 13.0. The molecule has 0 aliphatic carbocycles. The quantitative estimate of drug-likeness (QED) is 0.261. The van der Waals surface area contributed by atoms with Gasteiger partial charge in [-0.3, -0.25) is 19.7 Å². The highest BCUT2D eigenvalue weighted by Crippen LogP contribution is 2.23. The molecule has 5 rings (SSSR count). The standard InChI is InChI=1S/C30H22N4O5/c1-38-23-17-13-21(14-18-23)29-33-34-30(39-29)32-27(36)20-11-15-22(16-12-20)31-28(37)25-10-6-5-9-24(25)26(35)19-7-3-2-4-8-19/h2-18H,1H3,(H,31,37)(H,32,34,36). The van der Waals surface area contributed by atoms with Gasteiger partial charge in [0.1, 0.15) is 5.75 Å².